The van der Waals surface area contributed by atoms with Gasteiger partial charge in [0.2, 0.25) is 5.75 Å². The molecule has 3 N–H and O–H groups in total. The molecule has 0 radical (unpaired) electrons. The fourth-order valence-electron chi connectivity index (χ4n) is 1.56. The van der Waals surface area contributed by atoms with E-state index in [0.717, 1.165) is 6.07 Å². The highest BCUT2D eigenvalue weighted by Crippen LogP contribution is 2.26. The number of benzene rings is 1. The summed E-state index contributed by atoms with van der Waals surface area (Å²) in [5.41, 5.74) is 5.92. The molecule has 0 aliphatic rings. The average Bonchev–Trinajstić information content (AvgIpc) is 2.38. The van der Waals surface area contributed by atoms with Gasteiger partial charge in [-0.2, -0.15) is 0 Å². The fourth-order valence-corrected chi connectivity index (χ4v) is 1.56. The van der Waals surface area contributed by atoms with E-state index in [0.29, 0.717) is 11.4 Å². The number of hydrogen-bond acceptors (Lipinski definition) is 5. The molecule has 1 aromatic carbocycles. The molecule has 7 heteroatoms. The molecule has 0 bridgehead atoms. The van der Waals surface area contributed by atoms with Gasteiger partial charge in [0.05, 0.1) is 7.11 Å². The van der Waals surface area contributed by atoms with E-state index in [9.17, 15) is 8.78 Å². The van der Waals surface area contributed by atoms with Crippen LogP contribution < -0.4 is 15.8 Å². The molecular formula is C12H12F2N4O. The summed E-state index contributed by atoms with van der Waals surface area (Å²) >= 11 is 0. The van der Waals surface area contributed by atoms with Crippen LogP contribution in [0.3, 0.4) is 0 Å². The van der Waals surface area contributed by atoms with Gasteiger partial charge < -0.3 is 15.8 Å². The Kier molecular flexibility index (Phi) is 3.74. The molecule has 1 heterocycles. The van der Waals surface area contributed by atoms with Crippen molar-refractivity contribution < 1.29 is 13.5 Å². The molecule has 0 saturated carbocycles. The molecule has 1 aromatic heterocycles. The number of halogens is 2. The summed E-state index contributed by atoms with van der Waals surface area (Å²) < 4.78 is 31.3. The zero-order chi connectivity index (χ0) is 13.8. The van der Waals surface area contributed by atoms with Crippen LogP contribution in [0.2, 0.25) is 0 Å². The van der Waals surface area contributed by atoms with Gasteiger partial charge in [0.25, 0.3) is 0 Å². The van der Waals surface area contributed by atoms with Crippen molar-refractivity contribution in [3.8, 4) is 5.75 Å². The number of nitrogens with zero attached hydrogens (tertiary/aromatic N) is 2. The van der Waals surface area contributed by atoms with Gasteiger partial charge in [-0.25, -0.2) is 18.7 Å². The molecule has 0 atom stereocenters. The first-order valence-corrected chi connectivity index (χ1v) is 5.44. The molecule has 0 amide bonds. The highest BCUT2D eigenvalue weighted by molar-refractivity contribution is 5.61. The molecule has 0 fully saturated rings. The van der Waals surface area contributed by atoms with Crippen molar-refractivity contribution in [1.82, 2.24) is 9.97 Å². The van der Waals surface area contributed by atoms with Gasteiger partial charge in [0, 0.05) is 18.2 Å². The Balaban J connectivity index is 2.17. The number of nitrogens with two attached hydrogens (primary N) is 1. The van der Waals surface area contributed by atoms with Crippen LogP contribution in [0.5, 0.6) is 5.75 Å². The first-order chi connectivity index (χ1) is 9.11. The molecule has 0 aliphatic carbocycles. The SMILES string of the molecule is COc1c(N)ncnc1NCc1ccc(F)cc1F. The van der Waals surface area contributed by atoms with Crippen LogP contribution in [0.15, 0.2) is 24.5 Å². The molecule has 0 spiro atoms. The topological polar surface area (TPSA) is 73.1 Å². The number of methoxy groups -OCH3 is 1. The van der Waals surface area contributed by atoms with Gasteiger partial charge >= 0.3 is 0 Å². The minimum absolute atomic E-state index is 0.124. The lowest BCUT2D eigenvalue weighted by molar-refractivity contribution is 0.415. The smallest absolute Gasteiger partial charge is 0.203 e. The largest absolute Gasteiger partial charge is 0.490 e. The number of ether oxygens (including phenoxy) is 1. The number of rotatable bonds is 4. The zero-order valence-electron chi connectivity index (χ0n) is 10.2. The Morgan fingerprint density at radius 2 is 2.11 bits per heavy atom. The number of hydrogen-bond donors (Lipinski definition) is 2. The first-order valence-electron chi connectivity index (χ1n) is 5.44. The highest BCUT2D eigenvalue weighted by Gasteiger charge is 2.10. The van der Waals surface area contributed by atoms with Crippen molar-refractivity contribution in [2.75, 3.05) is 18.2 Å². The Bertz CT molecular complexity index is 592. The average molecular weight is 266 g/mol. The molecule has 5 nitrogen and oxygen atoms in total. The summed E-state index contributed by atoms with van der Waals surface area (Å²) in [4.78, 5) is 7.72. The summed E-state index contributed by atoms with van der Waals surface area (Å²) in [7, 11) is 1.43. The third-order valence-corrected chi connectivity index (χ3v) is 2.50. The summed E-state index contributed by atoms with van der Waals surface area (Å²) in [5, 5.41) is 2.86. The van der Waals surface area contributed by atoms with Crippen LogP contribution in [0, 0.1) is 11.6 Å². The van der Waals surface area contributed by atoms with E-state index in [1.165, 1.54) is 25.6 Å². The van der Waals surface area contributed by atoms with E-state index in [1.54, 1.807) is 0 Å². The van der Waals surface area contributed by atoms with Crippen LogP contribution in [0.1, 0.15) is 5.56 Å². The lowest BCUT2D eigenvalue weighted by Crippen LogP contribution is -2.07. The second-order valence-corrected chi connectivity index (χ2v) is 3.73. The van der Waals surface area contributed by atoms with E-state index in [-0.39, 0.29) is 18.1 Å². The van der Waals surface area contributed by atoms with Crippen LogP contribution in [0.4, 0.5) is 20.4 Å². The monoisotopic (exact) mass is 266 g/mol. The molecule has 19 heavy (non-hydrogen) atoms. The molecule has 2 aromatic rings. The van der Waals surface area contributed by atoms with Gasteiger partial charge in [-0.15, -0.1) is 0 Å². The van der Waals surface area contributed by atoms with Crippen molar-refractivity contribution >= 4 is 11.6 Å². The highest BCUT2D eigenvalue weighted by atomic mass is 19.1. The summed E-state index contributed by atoms with van der Waals surface area (Å²) in [6.45, 7) is 0.124. The Hall–Kier alpha value is -2.44. The Morgan fingerprint density at radius 1 is 1.32 bits per heavy atom. The predicted octanol–water partition coefficient (Wildman–Crippen LogP) is 1.96. The second kappa shape index (κ2) is 5.47. The number of anilines is 2. The van der Waals surface area contributed by atoms with Gasteiger partial charge in [0.15, 0.2) is 11.6 Å². The van der Waals surface area contributed by atoms with E-state index in [1.807, 2.05) is 0 Å². The van der Waals surface area contributed by atoms with Crippen molar-refractivity contribution in [2.24, 2.45) is 0 Å². The van der Waals surface area contributed by atoms with E-state index >= 15 is 0 Å². The summed E-state index contributed by atoms with van der Waals surface area (Å²) in [6, 6.07) is 3.36. The quantitative estimate of drug-likeness (QED) is 0.885. The van der Waals surface area contributed by atoms with Gasteiger partial charge in [-0.3, -0.25) is 0 Å². The van der Waals surface area contributed by atoms with Crippen molar-refractivity contribution in [3.63, 3.8) is 0 Å². The molecule has 100 valence electrons. The molecule has 0 saturated heterocycles. The van der Waals surface area contributed by atoms with E-state index in [2.05, 4.69) is 15.3 Å². The number of aromatic nitrogens is 2. The molecular weight excluding hydrogens is 254 g/mol. The minimum atomic E-state index is -0.631. The number of nitrogen functional groups attached to an aromatic ring is 1. The summed E-state index contributed by atoms with van der Waals surface area (Å²) in [6.07, 6.45) is 1.27. The first kappa shape index (κ1) is 13.0. The van der Waals surface area contributed by atoms with Crippen LogP contribution in [-0.2, 0) is 6.54 Å². The summed E-state index contributed by atoms with van der Waals surface area (Å²) in [5.74, 6) is -0.443. The van der Waals surface area contributed by atoms with Crippen LogP contribution in [-0.4, -0.2) is 17.1 Å². The van der Waals surface area contributed by atoms with Crippen molar-refractivity contribution in [1.29, 1.82) is 0 Å². The van der Waals surface area contributed by atoms with Gasteiger partial charge in [0.1, 0.15) is 18.0 Å². The normalized spacial score (nSPS) is 10.3. The minimum Gasteiger partial charge on any atom is -0.490 e. The lowest BCUT2D eigenvalue weighted by Gasteiger charge is -2.11. The number of nitrogens with one attached hydrogen (secondary N) is 1. The third-order valence-electron chi connectivity index (χ3n) is 2.50. The maximum Gasteiger partial charge on any atom is 0.203 e. The Morgan fingerprint density at radius 3 is 2.79 bits per heavy atom. The molecule has 0 aliphatic heterocycles. The second-order valence-electron chi connectivity index (χ2n) is 3.73. The van der Waals surface area contributed by atoms with E-state index in [4.69, 9.17) is 10.5 Å². The van der Waals surface area contributed by atoms with Crippen LogP contribution >= 0.6 is 0 Å². The van der Waals surface area contributed by atoms with Gasteiger partial charge in [-0.1, -0.05) is 6.07 Å². The van der Waals surface area contributed by atoms with Gasteiger partial charge in [-0.05, 0) is 6.07 Å². The van der Waals surface area contributed by atoms with E-state index < -0.39 is 11.6 Å². The molecule has 2 rings (SSSR count). The van der Waals surface area contributed by atoms with Crippen LogP contribution in [0.25, 0.3) is 0 Å². The third kappa shape index (κ3) is 2.87. The maximum atomic E-state index is 13.4. The predicted molar refractivity (Wildman–Crippen MR) is 66.7 cm³/mol. The molecule has 0 unspecified atom stereocenters. The lowest BCUT2D eigenvalue weighted by atomic mass is 10.2. The standard InChI is InChI=1S/C12H12F2N4O/c1-19-10-11(15)17-6-18-12(10)16-5-7-2-3-8(13)4-9(7)14/h2-4,6H,5H2,1H3,(H3,15,16,17,18). The maximum absolute atomic E-state index is 13.4. The van der Waals surface area contributed by atoms with Crippen molar-refractivity contribution in [2.45, 2.75) is 6.54 Å². The van der Waals surface area contributed by atoms with Crippen molar-refractivity contribution in [3.05, 3.63) is 41.7 Å². The fraction of sp³-hybridized carbons (Fsp3) is 0.167. The zero-order valence-corrected chi connectivity index (χ0v) is 10.2. The Labute approximate surface area is 108 Å².